The van der Waals surface area contributed by atoms with Crippen LogP contribution in [0.2, 0.25) is 0 Å². The van der Waals surface area contributed by atoms with Crippen LogP contribution in [-0.4, -0.2) is 56.1 Å². The quantitative estimate of drug-likeness (QED) is 0.678. The van der Waals surface area contributed by atoms with Crippen molar-refractivity contribution in [2.75, 3.05) is 40.4 Å². The number of hydrogen-bond donors (Lipinski definition) is 0. The normalized spacial score (nSPS) is 17.4. The first-order valence-electron chi connectivity index (χ1n) is 8.88. The van der Waals surface area contributed by atoms with Gasteiger partial charge in [-0.15, -0.1) is 0 Å². The molecule has 1 amide bonds. The van der Waals surface area contributed by atoms with E-state index in [0.717, 1.165) is 36.5 Å². The van der Waals surface area contributed by atoms with E-state index in [2.05, 4.69) is 17.5 Å². The van der Waals surface area contributed by atoms with Crippen LogP contribution < -0.4 is 9.47 Å². The van der Waals surface area contributed by atoms with Crippen LogP contribution in [0.3, 0.4) is 0 Å². The highest BCUT2D eigenvalue weighted by Crippen LogP contribution is 2.36. The minimum Gasteiger partial charge on any atom is -0.493 e. The second kappa shape index (κ2) is 8.90. The van der Waals surface area contributed by atoms with E-state index in [-0.39, 0.29) is 11.9 Å². The molecule has 1 aliphatic heterocycles. The maximum Gasteiger partial charge on any atom is 0.237 e. The van der Waals surface area contributed by atoms with Gasteiger partial charge in [0.1, 0.15) is 0 Å². The fourth-order valence-electron chi connectivity index (χ4n) is 3.43. The first kappa shape index (κ1) is 19.3. The molecule has 1 unspecified atom stereocenters. The summed E-state index contributed by atoms with van der Waals surface area (Å²) in [6.07, 6.45) is 2.15. The molecule has 1 aromatic rings. The van der Waals surface area contributed by atoms with E-state index >= 15 is 0 Å². The Bertz CT molecular complexity index is 615. The molecule has 1 aromatic carbocycles. The Hall–Kier alpha value is -2.01. The van der Waals surface area contributed by atoms with Crippen molar-refractivity contribution < 1.29 is 14.3 Å². The van der Waals surface area contributed by atoms with E-state index in [1.54, 1.807) is 14.2 Å². The predicted molar refractivity (Wildman–Crippen MR) is 100 cm³/mol. The standard InChI is InChI=1S/C20H30N2O3/c1-6-21(13-15(2)3)20(23)14-22-11-7-8-17(22)16-9-10-18(24-4)19(12-16)25-5/h9-10,12,17H,2,6-8,11,13-14H2,1,3-5H3. The third-order valence-electron chi connectivity index (χ3n) is 4.69. The minimum absolute atomic E-state index is 0.165. The molecule has 5 nitrogen and oxygen atoms in total. The molecule has 1 aliphatic rings. The zero-order valence-electron chi connectivity index (χ0n) is 15.9. The molecule has 1 saturated heterocycles. The van der Waals surface area contributed by atoms with E-state index in [0.29, 0.717) is 19.6 Å². The zero-order valence-corrected chi connectivity index (χ0v) is 15.9. The smallest absolute Gasteiger partial charge is 0.237 e. The number of methoxy groups -OCH3 is 2. The first-order chi connectivity index (χ1) is 12.0. The first-order valence-corrected chi connectivity index (χ1v) is 8.88. The SMILES string of the molecule is C=C(C)CN(CC)C(=O)CN1CCCC1c1ccc(OC)c(OC)c1. The molecule has 0 bridgehead atoms. The van der Waals surface area contributed by atoms with Crippen LogP contribution in [0.15, 0.2) is 30.4 Å². The molecule has 0 N–H and O–H groups in total. The van der Waals surface area contributed by atoms with Crippen molar-refractivity contribution >= 4 is 5.91 Å². The second-order valence-corrected chi connectivity index (χ2v) is 6.61. The van der Waals surface area contributed by atoms with Gasteiger partial charge < -0.3 is 14.4 Å². The maximum absolute atomic E-state index is 12.7. The summed E-state index contributed by atoms with van der Waals surface area (Å²) in [6.45, 7) is 10.6. The number of nitrogens with zero attached hydrogens (tertiary/aromatic N) is 2. The van der Waals surface area contributed by atoms with Crippen LogP contribution in [0.5, 0.6) is 11.5 Å². The third kappa shape index (κ3) is 4.75. The Morgan fingerprint density at radius 3 is 2.64 bits per heavy atom. The van der Waals surface area contributed by atoms with Gasteiger partial charge in [0.25, 0.3) is 0 Å². The van der Waals surface area contributed by atoms with Crippen molar-refractivity contribution in [3.8, 4) is 11.5 Å². The fourth-order valence-corrected chi connectivity index (χ4v) is 3.43. The number of amides is 1. The molecule has 1 heterocycles. The minimum atomic E-state index is 0.165. The number of benzene rings is 1. The van der Waals surface area contributed by atoms with Crippen LogP contribution in [0.25, 0.3) is 0 Å². The average Bonchev–Trinajstić information content (AvgIpc) is 3.06. The van der Waals surface area contributed by atoms with Crippen LogP contribution in [0, 0.1) is 0 Å². The molecule has 2 rings (SSSR count). The van der Waals surface area contributed by atoms with Gasteiger partial charge >= 0.3 is 0 Å². The zero-order chi connectivity index (χ0) is 18.4. The Morgan fingerprint density at radius 2 is 2.04 bits per heavy atom. The van der Waals surface area contributed by atoms with Gasteiger partial charge in [0.15, 0.2) is 11.5 Å². The molecule has 1 atom stereocenters. The van der Waals surface area contributed by atoms with Gasteiger partial charge in [0.05, 0.1) is 20.8 Å². The summed E-state index contributed by atoms with van der Waals surface area (Å²) in [6, 6.07) is 6.27. The predicted octanol–water partition coefficient (Wildman–Crippen LogP) is 3.27. The Labute approximate surface area is 151 Å². The lowest BCUT2D eigenvalue weighted by molar-refractivity contribution is -0.132. The fraction of sp³-hybridized carbons (Fsp3) is 0.550. The summed E-state index contributed by atoms with van der Waals surface area (Å²) in [5, 5.41) is 0. The molecule has 0 aromatic heterocycles. The van der Waals surface area contributed by atoms with Crippen molar-refractivity contribution in [3.05, 3.63) is 35.9 Å². The number of rotatable bonds is 8. The van der Waals surface area contributed by atoms with Crippen LogP contribution in [-0.2, 0) is 4.79 Å². The van der Waals surface area contributed by atoms with Crippen molar-refractivity contribution in [2.24, 2.45) is 0 Å². The summed E-state index contributed by atoms with van der Waals surface area (Å²) in [5.74, 6) is 1.62. The van der Waals surface area contributed by atoms with Gasteiger partial charge in [-0.25, -0.2) is 0 Å². The molecular formula is C20H30N2O3. The number of hydrogen-bond acceptors (Lipinski definition) is 4. The van der Waals surface area contributed by atoms with Gasteiger partial charge in [0.2, 0.25) is 5.91 Å². The molecule has 5 heteroatoms. The summed E-state index contributed by atoms with van der Waals surface area (Å²) >= 11 is 0. The third-order valence-corrected chi connectivity index (χ3v) is 4.69. The molecule has 1 fully saturated rings. The average molecular weight is 346 g/mol. The number of ether oxygens (including phenoxy) is 2. The van der Waals surface area contributed by atoms with E-state index in [1.165, 1.54) is 5.56 Å². The summed E-state index contributed by atoms with van der Waals surface area (Å²) in [5.41, 5.74) is 2.18. The monoisotopic (exact) mass is 346 g/mol. The van der Waals surface area contributed by atoms with Crippen molar-refractivity contribution in [2.45, 2.75) is 32.7 Å². The Morgan fingerprint density at radius 1 is 1.32 bits per heavy atom. The van der Waals surface area contributed by atoms with Crippen LogP contribution >= 0.6 is 0 Å². The lowest BCUT2D eigenvalue weighted by Gasteiger charge is -2.28. The topological polar surface area (TPSA) is 42.0 Å². The number of likely N-dealkylation sites (tertiary alicyclic amines) is 1. The molecule has 0 spiro atoms. The summed E-state index contributed by atoms with van der Waals surface area (Å²) in [4.78, 5) is 16.8. The van der Waals surface area contributed by atoms with Crippen LogP contribution in [0.4, 0.5) is 0 Å². The molecule has 0 aliphatic carbocycles. The lowest BCUT2D eigenvalue weighted by atomic mass is 10.0. The van der Waals surface area contributed by atoms with Crippen molar-refractivity contribution in [3.63, 3.8) is 0 Å². The van der Waals surface area contributed by atoms with Crippen molar-refractivity contribution in [1.29, 1.82) is 0 Å². The summed E-state index contributed by atoms with van der Waals surface area (Å²) < 4.78 is 10.7. The van der Waals surface area contributed by atoms with Gasteiger partial charge in [-0.3, -0.25) is 9.69 Å². The van der Waals surface area contributed by atoms with Gasteiger partial charge in [-0.2, -0.15) is 0 Å². The van der Waals surface area contributed by atoms with E-state index in [4.69, 9.17) is 9.47 Å². The second-order valence-electron chi connectivity index (χ2n) is 6.61. The summed E-state index contributed by atoms with van der Waals surface area (Å²) in [7, 11) is 3.29. The molecule has 138 valence electrons. The van der Waals surface area contributed by atoms with Crippen LogP contribution in [0.1, 0.15) is 38.3 Å². The molecular weight excluding hydrogens is 316 g/mol. The number of carbonyl (C=O) groups is 1. The van der Waals surface area contributed by atoms with E-state index in [1.807, 2.05) is 30.9 Å². The van der Waals surface area contributed by atoms with Gasteiger partial charge in [0, 0.05) is 19.1 Å². The van der Waals surface area contributed by atoms with Gasteiger partial charge in [-0.05, 0) is 50.9 Å². The highest BCUT2D eigenvalue weighted by molar-refractivity contribution is 5.78. The Kier molecular flexibility index (Phi) is 6.88. The highest BCUT2D eigenvalue weighted by Gasteiger charge is 2.29. The van der Waals surface area contributed by atoms with E-state index < -0.39 is 0 Å². The van der Waals surface area contributed by atoms with E-state index in [9.17, 15) is 4.79 Å². The lowest BCUT2D eigenvalue weighted by Crippen LogP contribution is -2.40. The number of likely N-dealkylation sites (N-methyl/N-ethyl adjacent to an activating group) is 1. The number of carbonyl (C=O) groups excluding carboxylic acids is 1. The van der Waals surface area contributed by atoms with Crippen molar-refractivity contribution in [1.82, 2.24) is 9.80 Å². The Balaban J connectivity index is 2.12. The largest absolute Gasteiger partial charge is 0.493 e. The molecule has 0 saturated carbocycles. The highest BCUT2D eigenvalue weighted by atomic mass is 16.5. The molecule has 25 heavy (non-hydrogen) atoms. The van der Waals surface area contributed by atoms with Gasteiger partial charge in [-0.1, -0.05) is 18.2 Å². The maximum atomic E-state index is 12.7. The molecule has 0 radical (unpaired) electrons.